The van der Waals surface area contributed by atoms with Gasteiger partial charge in [-0.15, -0.1) is 0 Å². The summed E-state index contributed by atoms with van der Waals surface area (Å²) in [5, 5.41) is 8.38. The van der Waals surface area contributed by atoms with Crippen molar-refractivity contribution in [2.45, 2.75) is 19.8 Å². The van der Waals surface area contributed by atoms with Gasteiger partial charge in [-0.1, -0.05) is 6.58 Å². The normalized spacial score (nSPS) is 12.7. The average molecular weight is 164 g/mol. The van der Waals surface area contributed by atoms with Crippen LogP contribution in [0.3, 0.4) is 0 Å². The first-order chi connectivity index (χ1) is 4.75. The van der Waals surface area contributed by atoms with Gasteiger partial charge in [0.05, 0.1) is 0 Å². The number of aliphatic carboxylic acids is 1. The number of alkyl halides is 2. The lowest BCUT2D eigenvalue weighted by molar-refractivity contribution is -0.164. The fourth-order valence-electron chi connectivity index (χ4n) is 0.398. The molecule has 0 aliphatic carbocycles. The highest BCUT2D eigenvalue weighted by atomic mass is 19.3. The van der Waals surface area contributed by atoms with Gasteiger partial charge in [-0.3, -0.25) is 4.79 Å². The third-order valence-electron chi connectivity index (χ3n) is 1.62. The third-order valence-corrected chi connectivity index (χ3v) is 1.62. The van der Waals surface area contributed by atoms with Crippen molar-refractivity contribution in [1.82, 2.24) is 0 Å². The zero-order chi connectivity index (χ0) is 9.28. The molecule has 0 aromatic rings. The molecule has 0 heterocycles. The van der Waals surface area contributed by atoms with E-state index in [0.717, 1.165) is 13.8 Å². The Morgan fingerprint density at radius 2 is 1.91 bits per heavy atom. The summed E-state index contributed by atoms with van der Waals surface area (Å²) in [6, 6.07) is 0. The number of carbonyl (C=O) groups is 1. The van der Waals surface area contributed by atoms with E-state index in [4.69, 9.17) is 5.11 Å². The summed E-state index contributed by atoms with van der Waals surface area (Å²) in [7, 11) is 0. The molecule has 11 heavy (non-hydrogen) atoms. The summed E-state index contributed by atoms with van der Waals surface area (Å²) in [6.07, 6.45) is 0.348. The van der Waals surface area contributed by atoms with Gasteiger partial charge in [0.1, 0.15) is 5.41 Å². The maximum atomic E-state index is 12.7. The summed E-state index contributed by atoms with van der Waals surface area (Å²) in [5.41, 5.74) is -2.09. The molecule has 1 N–H and O–H groups in total. The van der Waals surface area contributed by atoms with E-state index in [0.29, 0.717) is 6.08 Å². The molecule has 0 fully saturated rings. The predicted molar refractivity (Wildman–Crippen MR) is 36.6 cm³/mol. The molecule has 0 aromatic heterocycles. The smallest absolute Gasteiger partial charge is 0.315 e. The molecular formula is C7H10F2O2. The highest BCUT2D eigenvalue weighted by Gasteiger charge is 2.49. The molecule has 0 bridgehead atoms. The van der Waals surface area contributed by atoms with Crippen LogP contribution in [0, 0.1) is 5.41 Å². The van der Waals surface area contributed by atoms with Gasteiger partial charge >= 0.3 is 5.97 Å². The van der Waals surface area contributed by atoms with E-state index in [1.165, 1.54) is 0 Å². The second kappa shape index (κ2) is 2.60. The highest BCUT2D eigenvalue weighted by Crippen LogP contribution is 2.36. The first-order valence-corrected chi connectivity index (χ1v) is 3.00. The monoisotopic (exact) mass is 164 g/mol. The Hall–Kier alpha value is -0.930. The minimum absolute atomic E-state index is 0.348. The fourth-order valence-corrected chi connectivity index (χ4v) is 0.398. The topological polar surface area (TPSA) is 37.3 Å². The van der Waals surface area contributed by atoms with Gasteiger partial charge in [0.15, 0.2) is 0 Å². The maximum absolute atomic E-state index is 12.7. The number of rotatable bonds is 3. The number of halogens is 2. The maximum Gasteiger partial charge on any atom is 0.315 e. The van der Waals surface area contributed by atoms with Gasteiger partial charge in [-0.25, -0.2) is 8.78 Å². The van der Waals surface area contributed by atoms with Crippen LogP contribution < -0.4 is 0 Å². The molecule has 0 saturated carbocycles. The zero-order valence-corrected chi connectivity index (χ0v) is 6.40. The lowest BCUT2D eigenvalue weighted by Crippen LogP contribution is -2.41. The Morgan fingerprint density at radius 3 is 2.00 bits per heavy atom. The van der Waals surface area contributed by atoms with Crippen LogP contribution in [0.15, 0.2) is 12.7 Å². The van der Waals surface area contributed by atoms with Crippen molar-refractivity contribution in [3.05, 3.63) is 12.7 Å². The van der Waals surface area contributed by atoms with E-state index < -0.39 is 17.3 Å². The molecule has 0 rings (SSSR count). The summed E-state index contributed by atoms with van der Waals surface area (Å²) in [6.45, 7) is 4.78. The SMILES string of the molecule is C=CC(F)(F)C(C)(C)C(=O)O. The quantitative estimate of drug-likeness (QED) is 0.647. The Bertz CT molecular complexity index is 185. The second-order valence-corrected chi connectivity index (χ2v) is 2.76. The van der Waals surface area contributed by atoms with E-state index in [-0.39, 0.29) is 0 Å². The molecule has 0 saturated heterocycles. The first kappa shape index (κ1) is 10.1. The van der Waals surface area contributed by atoms with Crippen molar-refractivity contribution in [3.8, 4) is 0 Å². The molecular weight excluding hydrogens is 154 g/mol. The van der Waals surface area contributed by atoms with Crippen LogP contribution in [0.2, 0.25) is 0 Å². The summed E-state index contributed by atoms with van der Waals surface area (Å²) >= 11 is 0. The van der Waals surface area contributed by atoms with Gasteiger partial charge in [0.25, 0.3) is 5.92 Å². The average Bonchev–Trinajstić information content (AvgIpc) is 1.87. The standard InChI is InChI=1S/C7H10F2O2/c1-4-7(8,9)6(2,3)5(10)11/h4H,1H2,2-3H3,(H,10,11). The highest BCUT2D eigenvalue weighted by molar-refractivity contribution is 5.75. The molecule has 0 radical (unpaired) electrons. The van der Waals surface area contributed by atoms with E-state index in [1.54, 1.807) is 0 Å². The van der Waals surface area contributed by atoms with Gasteiger partial charge in [0, 0.05) is 0 Å². The van der Waals surface area contributed by atoms with E-state index >= 15 is 0 Å². The molecule has 0 amide bonds. The number of allylic oxidation sites excluding steroid dienone is 1. The van der Waals surface area contributed by atoms with Gasteiger partial charge in [-0.2, -0.15) is 0 Å². The number of carboxylic acid groups (broad SMARTS) is 1. The minimum Gasteiger partial charge on any atom is -0.481 e. The second-order valence-electron chi connectivity index (χ2n) is 2.76. The number of carboxylic acids is 1. The Labute approximate surface area is 63.5 Å². The molecule has 64 valence electrons. The van der Waals surface area contributed by atoms with Crippen molar-refractivity contribution in [2.75, 3.05) is 0 Å². The molecule has 0 atom stereocenters. The van der Waals surface area contributed by atoms with Gasteiger partial charge < -0.3 is 5.11 Å². The van der Waals surface area contributed by atoms with Crippen molar-refractivity contribution in [3.63, 3.8) is 0 Å². The van der Waals surface area contributed by atoms with E-state index in [1.807, 2.05) is 0 Å². The lowest BCUT2D eigenvalue weighted by atomic mass is 9.86. The van der Waals surface area contributed by atoms with Crippen LogP contribution in [0.1, 0.15) is 13.8 Å². The third kappa shape index (κ3) is 1.56. The van der Waals surface area contributed by atoms with Crippen LogP contribution in [0.4, 0.5) is 8.78 Å². The molecule has 0 aliphatic heterocycles. The van der Waals surface area contributed by atoms with Crippen LogP contribution in [0.5, 0.6) is 0 Å². The Kier molecular flexibility index (Phi) is 2.38. The van der Waals surface area contributed by atoms with Gasteiger partial charge in [-0.05, 0) is 19.9 Å². The molecule has 0 unspecified atom stereocenters. The number of hydrogen-bond donors (Lipinski definition) is 1. The fraction of sp³-hybridized carbons (Fsp3) is 0.571. The molecule has 2 nitrogen and oxygen atoms in total. The van der Waals surface area contributed by atoms with Crippen molar-refractivity contribution in [1.29, 1.82) is 0 Å². The van der Waals surface area contributed by atoms with Gasteiger partial charge in [0.2, 0.25) is 0 Å². The largest absolute Gasteiger partial charge is 0.481 e. The number of hydrogen-bond acceptors (Lipinski definition) is 1. The van der Waals surface area contributed by atoms with Crippen LogP contribution in [-0.4, -0.2) is 17.0 Å². The first-order valence-electron chi connectivity index (χ1n) is 3.00. The summed E-state index contributed by atoms with van der Waals surface area (Å²) in [5.74, 6) is -4.92. The summed E-state index contributed by atoms with van der Waals surface area (Å²) in [4.78, 5) is 10.3. The molecule has 0 aromatic carbocycles. The predicted octanol–water partition coefficient (Wildman–Crippen LogP) is 1.92. The molecule has 0 aliphatic rings. The van der Waals surface area contributed by atoms with Crippen LogP contribution in [-0.2, 0) is 4.79 Å². The minimum atomic E-state index is -3.38. The molecule has 0 spiro atoms. The lowest BCUT2D eigenvalue weighted by Gasteiger charge is -2.26. The zero-order valence-electron chi connectivity index (χ0n) is 6.40. The Morgan fingerprint density at radius 1 is 1.55 bits per heavy atom. The Balaban J connectivity index is 4.81. The van der Waals surface area contributed by atoms with Crippen LogP contribution in [0.25, 0.3) is 0 Å². The van der Waals surface area contributed by atoms with E-state index in [2.05, 4.69) is 6.58 Å². The van der Waals surface area contributed by atoms with Crippen molar-refractivity contribution in [2.24, 2.45) is 5.41 Å². The van der Waals surface area contributed by atoms with E-state index in [9.17, 15) is 13.6 Å². The van der Waals surface area contributed by atoms with Crippen LogP contribution >= 0.6 is 0 Å². The summed E-state index contributed by atoms with van der Waals surface area (Å²) < 4.78 is 25.4. The van der Waals surface area contributed by atoms with Crippen molar-refractivity contribution >= 4 is 5.97 Å². The van der Waals surface area contributed by atoms with Crippen molar-refractivity contribution < 1.29 is 18.7 Å². The molecule has 4 heteroatoms.